The molecule has 1 aliphatic heterocycles. The molecule has 5 heteroatoms. The number of urea groups is 1. The highest BCUT2D eigenvalue weighted by Gasteiger charge is 2.38. The van der Waals surface area contributed by atoms with Gasteiger partial charge in [-0.3, -0.25) is 4.79 Å². The third-order valence-corrected chi connectivity index (χ3v) is 5.53. The Morgan fingerprint density at radius 1 is 1.16 bits per heavy atom. The molecule has 1 N–H and O–H groups in total. The number of nitrogens with one attached hydrogen (secondary N) is 1. The number of hydrogen-bond acceptors (Lipinski definition) is 3. The van der Waals surface area contributed by atoms with E-state index in [1.165, 1.54) is 5.56 Å². The molecule has 25 heavy (non-hydrogen) atoms. The number of hydrogen-bond donors (Lipinski definition) is 1. The predicted octanol–water partition coefficient (Wildman–Crippen LogP) is 3.44. The zero-order valence-electron chi connectivity index (χ0n) is 15.0. The summed E-state index contributed by atoms with van der Waals surface area (Å²) in [6.07, 6.45) is 5.62. The van der Waals surface area contributed by atoms with Gasteiger partial charge in [-0.15, -0.1) is 0 Å². The molecule has 0 atom stereocenters. The summed E-state index contributed by atoms with van der Waals surface area (Å²) in [4.78, 5) is 26.5. The lowest BCUT2D eigenvalue weighted by atomic mass is 9.88. The van der Waals surface area contributed by atoms with Crippen molar-refractivity contribution in [1.82, 2.24) is 10.2 Å². The summed E-state index contributed by atoms with van der Waals surface area (Å²) in [5.74, 6) is -0.197. The zero-order valence-corrected chi connectivity index (χ0v) is 15.0. The van der Waals surface area contributed by atoms with Crippen LogP contribution in [0.2, 0.25) is 0 Å². The summed E-state index contributed by atoms with van der Waals surface area (Å²) < 4.78 is 5.10. The van der Waals surface area contributed by atoms with Gasteiger partial charge in [-0.1, -0.05) is 43.2 Å². The summed E-state index contributed by atoms with van der Waals surface area (Å²) in [5.41, 5.74) is 0.957. The molecule has 136 valence electrons. The van der Waals surface area contributed by atoms with Crippen LogP contribution in [0.5, 0.6) is 0 Å². The summed E-state index contributed by atoms with van der Waals surface area (Å²) in [6.45, 7) is 3.46. The molecule has 1 heterocycles. The Labute approximate surface area is 149 Å². The Kier molecular flexibility index (Phi) is 5.61. The van der Waals surface area contributed by atoms with Crippen LogP contribution in [0, 0.1) is 5.92 Å². The second-order valence-corrected chi connectivity index (χ2v) is 7.10. The molecule has 1 aromatic rings. The monoisotopic (exact) mass is 344 g/mol. The summed E-state index contributed by atoms with van der Waals surface area (Å²) in [7, 11) is 0. The first-order valence-corrected chi connectivity index (χ1v) is 9.44. The van der Waals surface area contributed by atoms with Crippen LogP contribution in [0.3, 0.4) is 0 Å². The number of benzene rings is 1. The van der Waals surface area contributed by atoms with E-state index in [1.807, 2.05) is 30.0 Å². The molecular formula is C20H28N2O3. The Hall–Kier alpha value is -2.04. The standard InChI is InChI=1S/C20H28N2O3/c1-2-25-18(23)16-10-14-22(15-11-16)19(24)21-20(12-6-7-13-20)17-8-4-3-5-9-17/h3-5,8-9,16H,2,6-7,10-15H2,1H3,(H,21,24). The first kappa shape index (κ1) is 17.8. The van der Waals surface area contributed by atoms with E-state index in [-0.39, 0.29) is 23.5 Å². The topological polar surface area (TPSA) is 58.6 Å². The molecule has 2 amide bonds. The van der Waals surface area contributed by atoms with Crippen molar-refractivity contribution in [3.63, 3.8) is 0 Å². The highest BCUT2D eigenvalue weighted by atomic mass is 16.5. The van der Waals surface area contributed by atoms with Crippen molar-refractivity contribution < 1.29 is 14.3 Å². The summed E-state index contributed by atoms with van der Waals surface area (Å²) in [5, 5.41) is 3.32. The van der Waals surface area contributed by atoms with Gasteiger partial charge in [0, 0.05) is 13.1 Å². The normalized spacial score (nSPS) is 20.3. The van der Waals surface area contributed by atoms with Crippen LogP contribution in [0.4, 0.5) is 4.79 Å². The second kappa shape index (κ2) is 7.89. The fourth-order valence-electron chi connectivity index (χ4n) is 4.08. The molecule has 1 saturated carbocycles. The predicted molar refractivity (Wildman–Crippen MR) is 96.0 cm³/mol. The van der Waals surface area contributed by atoms with Crippen LogP contribution in [-0.4, -0.2) is 36.6 Å². The average molecular weight is 344 g/mol. The van der Waals surface area contributed by atoms with Gasteiger partial charge in [0.15, 0.2) is 0 Å². The fourth-order valence-corrected chi connectivity index (χ4v) is 4.08. The molecule has 1 aromatic carbocycles. The van der Waals surface area contributed by atoms with E-state index in [1.54, 1.807) is 0 Å². The van der Waals surface area contributed by atoms with Gasteiger partial charge in [0.1, 0.15) is 0 Å². The number of carbonyl (C=O) groups excluding carboxylic acids is 2. The van der Waals surface area contributed by atoms with Crippen LogP contribution >= 0.6 is 0 Å². The Bertz CT molecular complexity index is 588. The van der Waals surface area contributed by atoms with Gasteiger partial charge in [-0.25, -0.2) is 4.79 Å². The molecule has 3 rings (SSSR count). The third-order valence-electron chi connectivity index (χ3n) is 5.53. The van der Waals surface area contributed by atoms with Gasteiger partial charge >= 0.3 is 12.0 Å². The van der Waals surface area contributed by atoms with E-state index < -0.39 is 0 Å². The summed E-state index contributed by atoms with van der Waals surface area (Å²) >= 11 is 0. The molecule has 0 spiro atoms. The van der Waals surface area contributed by atoms with E-state index in [0.717, 1.165) is 25.7 Å². The van der Waals surface area contributed by atoms with E-state index in [4.69, 9.17) is 4.74 Å². The number of rotatable bonds is 4. The minimum absolute atomic E-state index is 0.00642. The van der Waals surface area contributed by atoms with E-state index >= 15 is 0 Å². The van der Waals surface area contributed by atoms with Crippen molar-refractivity contribution in [1.29, 1.82) is 0 Å². The highest BCUT2D eigenvalue weighted by Crippen LogP contribution is 2.39. The molecule has 5 nitrogen and oxygen atoms in total. The van der Waals surface area contributed by atoms with E-state index in [9.17, 15) is 9.59 Å². The Morgan fingerprint density at radius 2 is 1.80 bits per heavy atom. The van der Waals surface area contributed by atoms with Crippen LogP contribution in [0.15, 0.2) is 30.3 Å². The smallest absolute Gasteiger partial charge is 0.318 e. The number of carbonyl (C=O) groups is 2. The SMILES string of the molecule is CCOC(=O)C1CCN(C(=O)NC2(c3ccccc3)CCCC2)CC1. The van der Waals surface area contributed by atoms with Crippen molar-refractivity contribution in [2.45, 2.75) is 51.0 Å². The zero-order chi connectivity index (χ0) is 17.7. The maximum Gasteiger partial charge on any atom is 0.318 e. The van der Waals surface area contributed by atoms with Crippen molar-refractivity contribution in [3.8, 4) is 0 Å². The second-order valence-electron chi connectivity index (χ2n) is 7.10. The van der Waals surface area contributed by atoms with Gasteiger partial charge < -0.3 is 15.0 Å². The van der Waals surface area contributed by atoms with Gasteiger partial charge in [-0.2, -0.15) is 0 Å². The lowest BCUT2D eigenvalue weighted by molar-refractivity contribution is -0.149. The molecule has 2 fully saturated rings. The van der Waals surface area contributed by atoms with Gasteiger partial charge in [-0.05, 0) is 38.2 Å². The maximum atomic E-state index is 12.8. The van der Waals surface area contributed by atoms with Gasteiger partial charge in [0.05, 0.1) is 18.1 Å². The Morgan fingerprint density at radius 3 is 2.40 bits per heavy atom. The number of likely N-dealkylation sites (tertiary alicyclic amines) is 1. The minimum atomic E-state index is -0.240. The van der Waals surface area contributed by atoms with Crippen molar-refractivity contribution >= 4 is 12.0 Å². The first-order chi connectivity index (χ1) is 12.1. The van der Waals surface area contributed by atoms with Crippen molar-refractivity contribution in [3.05, 3.63) is 35.9 Å². The molecule has 1 saturated heterocycles. The maximum absolute atomic E-state index is 12.8. The van der Waals surface area contributed by atoms with E-state index in [2.05, 4.69) is 17.4 Å². The molecule has 0 bridgehead atoms. The number of nitrogens with zero attached hydrogens (tertiary/aromatic N) is 1. The Balaban J connectivity index is 1.61. The number of piperidine rings is 1. The number of amides is 2. The van der Waals surface area contributed by atoms with Gasteiger partial charge in [0.25, 0.3) is 0 Å². The van der Waals surface area contributed by atoms with Crippen molar-refractivity contribution in [2.75, 3.05) is 19.7 Å². The summed E-state index contributed by atoms with van der Waals surface area (Å²) in [6, 6.07) is 10.3. The van der Waals surface area contributed by atoms with Crippen LogP contribution in [-0.2, 0) is 15.1 Å². The first-order valence-electron chi connectivity index (χ1n) is 9.44. The molecular weight excluding hydrogens is 316 g/mol. The fraction of sp³-hybridized carbons (Fsp3) is 0.600. The third kappa shape index (κ3) is 3.97. The molecule has 0 unspecified atom stereocenters. The minimum Gasteiger partial charge on any atom is -0.466 e. The highest BCUT2D eigenvalue weighted by molar-refractivity contribution is 5.77. The van der Waals surface area contributed by atoms with Gasteiger partial charge in [0.2, 0.25) is 0 Å². The van der Waals surface area contributed by atoms with Crippen molar-refractivity contribution in [2.24, 2.45) is 5.92 Å². The number of ether oxygens (including phenoxy) is 1. The quantitative estimate of drug-likeness (QED) is 0.851. The van der Waals surface area contributed by atoms with Crippen LogP contribution in [0.25, 0.3) is 0 Å². The molecule has 2 aliphatic rings. The largest absolute Gasteiger partial charge is 0.466 e. The number of esters is 1. The van der Waals surface area contributed by atoms with E-state index in [0.29, 0.717) is 32.5 Å². The lowest BCUT2D eigenvalue weighted by Gasteiger charge is -2.36. The molecule has 0 radical (unpaired) electrons. The lowest BCUT2D eigenvalue weighted by Crippen LogP contribution is -2.52. The van der Waals surface area contributed by atoms with Crippen LogP contribution < -0.4 is 5.32 Å². The molecule has 1 aliphatic carbocycles. The van der Waals surface area contributed by atoms with Crippen LogP contribution in [0.1, 0.15) is 51.0 Å². The molecule has 0 aromatic heterocycles. The average Bonchev–Trinajstić information content (AvgIpc) is 3.12.